The molecule has 2 heterocycles. The zero-order chi connectivity index (χ0) is 18.7. The van der Waals surface area contributed by atoms with Crippen LogP contribution in [-0.2, 0) is 20.3 Å². The van der Waals surface area contributed by atoms with Crippen molar-refractivity contribution < 1.29 is 9.53 Å². The Labute approximate surface area is 160 Å². The van der Waals surface area contributed by atoms with Gasteiger partial charge in [0.15, 0.2) is 12.4 Å². The second-order valence-corrected chi connectivity index (χ2v) is 6.86. The van der Waals surface area contributed by atoms with E-state index in [0.29, 0.717) is 12.2 Å². The van der Waals surface area contributed by atoms with Crippen LogP contribution >= 0.6 is 15.9 Å². The van der Waals surface area contributed by atoms with E-state index in [4.69, 9.17) is 4.74 Å². The van der Waals surface area contributed by atoms with E-state index in [2.05, 4.69) is 26.1 Å². The van der Waals surface area contributed by atoms with E-state index in [9.17, 15) is 4.79 Å². The molecule has 8 heteroatoms. The highest BCUT2D eigenvalue weighted by atomic mass is 79.9. The topological polar surface area (TPSA) is 65.2 Å². The molecule has 0 atom stereocenters. The van der Waals surface area contributed by atoms with Gasteiger partial charge in [-0.15, -0.1) is 0 Å². The lowest BCUT2D eigenvalue weighted by atomic mass is 10.2. The lowest BCUT2D eigenvalue weighted by molar-refractivity contribution is 0.0773. The van der Waals surface area contributed by atoms with Crippen LogP contribution in [0.2, 0.25) is 0 Å². The summed E-state index contributed by atoms with van der Waals surface area (Å²) in [6.07, 6.45) is 3.45. The maximum atomic E-state index is 12.6. The minimum Gasteiger partial charge on any atom is -0.471 e. The van der Waals surface area contributed by atoms with Crippen LogP contribution in [0.4, 0.5) is 0 Å². The minimum atomic E-state index is -0.159. The van der Waals surface area contributed by atoms with Gasteiger partial charge in [0.25, 0.3) is 5.91 Å². The third-order valence-corrected chi connectivity index (χ3v) is 4.71. The number of aromatic nitrogens is 4. The first kappa shape index (κ1) is 18.2. The molecular weight excluding hydrogens is 398 g/mol. The monoisotopic (exact) mass is 417 g/mol. The fourth-order valence-electron chi connectivity index (χ4n) is 2.51. The van der Waals surface area contributed by atoms with Gasteiger partial charge in [-0.2, -0.15) is 10.2 Å². The van der Waals surface area contributed by atoms with Crippen LogP contribution in [0.5, 0.6) is 5.75 Å². The van der Waals surface area contributed by atoms with Crippen molar-refractivity contribution in [2.24, 2.45) is 7.05 Å². The van der Waals surface area contributed by atoms with Crippen molar-refractivity contribution in [3.63, 3.8) is 0 Å². The SMILES string of the molecule is Cc1ccccc1OCn1ccc(C(=O)N(C)Cc2c(Br)cnn2C)n1. The molecule has 1 amide bonds. The van der Waals surface area contributed by atoms with E-state index in [0.717, 1.165) is 21.5 Å². The summed E-state index contributed by atoms with van der Waals surface area (Å²) < 4.78 is 9.97. The Balaban J connectivity index is 1.63. The molecule has 26 heavy (non-hydrogen) atoms. The van der Waals surface area contributed by atoms with Crippen molar-refractivity contribution in [2.45, 2.75) is 20.2 Å². The molecular formula is C18H20BrN5O2. The molecule has 136 valence electrons. The summed E-state index contributed by atoms with van der Waals surface area (Å²) in [6, 6.07) is 9.47. The number of para-hydroxylation sites is 1. The summed E-state index contributed by atoms with van der Waals surface area (Å²) >= 11 is 3.45. The Morgan fingerprint density at radius 3 is 2.77 bits per heavy atom. The van der Waals surface area contributed by atoms with Gasteiger partial charge in [-0.25, -0.2) is 4.68 Å². The second-order valence-electron chi connectivity index (χ2n) is 6.00. The van der Waals surface area contributed by atoms with Gasteiger partial charge in [-0.05, 0) is 40.5 Å². The predicted molar refractivity (Wildman–Crippen MR) is 101 cm³/mol. The van der Waals surface area contributed by atoms with Crippen LogP contribution in [0.25, 0.3) is 0 Å². The standard InChI is InChI=1S/C18H20BrN5O2/c1-13-6-4-5-7-17(13)26-12-24-9-8-15(21-24)18(25)22(2)11-16-14(19)10-20-23(16)3/h4-10H,11-12H2,1-3H3. The van der Waals surface area contributed by atoms with Crippen molar-refractivity contribution in [1.29, 1.82) is 0 Å². The number of halogens is 1. The number of benzene rings is 1. The van der Waals surface area contributed by atoms with Crippen molar-refractivity contribution in [2.75, 3.05) is 7.05 Å². The molecule has 0 aliphatic carbocycles. The van der Waals surface area contributed by atoms with Gasteiger partial charge in [0, 0.05) is 20.3 Å². The Morgan fingerprint density at radius 2 is 2.08 bits per heavy atom. The number of hydrogen-bond acceptors (Lipinski definition) is 4. The first-order valence-corrected chi connectivity index (χ1v) is 8.88. The van der Waals surface area contributed by atoms with Gasteiger partial charge in [-0.3, -0.25) is 9.48 Å². The zero-order valence-corrected chi connectivity index (χ0v) is 16.5. The first-order chi connectivity index (χ1) is 12.5. The normalized spacial score (nSPS) is 10.8. The van der Waals surface area contributed by atoms with Crippen LogP contribution in [-0.4, -0.2) is 37.4 Å². The molecule has 0 fully saturated rings. The molecule has 0 bridgehead atoms. The Kier molecular flexibility index (Phi) is 5.41. The van der Waals surface area contributed by atoms with Crippen LogP contribution in [0, 0.1) is 6.92 Å². The lowest BCUT2D eigenvalue weighted by Crippen LogP contribution is -2.28. The number of aryl methyl sites for hydroxylation is 2. The summed E-state index contributed by atoms with van der Waals surface area (Å²) in [4.78, 5) is 14.2. The largest absolute Gasteiger partial charge is 0.471 e. The van der Waals surface area contributed by atoms with E-state index in [1.165, 1.54) is 0 Å². The molecule has 3 rings (SSSR count). The van der Waals surface area contributed by atoms with Crippen LogP contribution in [0.3, 0.4) is 0 Å². The summed E-state index contributed by atoms with van der Waals surface area (Å²) in [5, 5.41) is 8.48. The average molecular weight is 418 g/mol. The molecule has 0 unspecified atom stereocenters. The Morgan fingerprint density at radius 1 is 1.31 bits per heavy atom. The zero-order valence-electron chi connectivity index (χ0n) is 14.9. The number of amides is 1. The van der Waals surface area contributed by atoms with Crippen molar-refractivity contribution in [1.82, 2.24) is 24.5 Å². The summed E-state index contributed by atoms with van der Waals surface area (Å²) in [6.45, 7) is 2.66. The van der Waals surface area contributed by atoms with Gasteiger partial charge >= 0.3 is 0 Å². The maximum Gasteiger partial charge on any atom is 0.274 e. The highest BCUT2D eigenvalue weighted by Crippen LogP contribution is 2.18. The highest BCUT2D eigenvalue weighted by molar-refractivity contribution is 9.10. The fourth-order valence-corrected chi connectivity index (χ4v) is 2.98. The molecule has 0 radical (unpaired) electrons. The lowest BCUT2D eigenvalue weighted by Gasteiger charge is -2.16. The molecule has 0 N–H and O–H groups in total. The minimum absolute atomic E-state index is 0.159. The van der Waals surface area contributed by atoms with Gasteiger partial charge < -0.3 is 9.64 Å². The molecule has 3 aromatic rings. The van der Waals surface area contributed by atoms with Crippen LogP contribution in [0.1, 0.15) is 21.7 Å². The Hall–Kier alpha value is -2.61. The molecule has 0 spiro atoms. The maximum absolute atomic E-state index is 12.6. The molecule has 7 nitrogen and oxygen atoms in total. The highest BCUT2D eigenvalue weighted by Gasteiger charge is 2.18. The Bertz CT molecular complexity index is 898. The van der Waals surface area contributed by atoms with E-state index in [-0.39, 0.29) is 12.6 Å². The summed E-state index contributed by atoms with van der Waals surface area (Å²) in [5.41, 5.74) is 2.35. The molecule has 0 aliphatic heterocycles. The molecule has 0 saturated heterocycles. The van der Waals surface area contributed by atoms with Crippen LogP contribution < -0.4 is 4.74 Å². The van der Waals surface area contributed by atoms with E-state index in [1.807, 2.05) is 38.2 Å². The number of rotatable bonds is 6. The van der Waals surface area contributed by atoms with Gasteiger partial charge in [0.2, 0.25) is 0 Å². The van der Waals surface area contributed by atoms with Gasteiger partial charge in [-0.1, -0.05) is 18.2 Å². The first-order valence-electron chi connectivity index (χ1n) is 8.09. The summed E-state index contributed by atoms with van der Waals surface area (Å²) in [7, 11) is 3.58. The predicted octanol–water partition coefficient (Wildman–Crippen LogP) is 3.00. The van der Waals surface area contributed by atoms with E-state index < -0.39 is 0 Å². The van der Waals surface area contributed by atoms with Crippen molar-refractivity contribution >= 4 is 21.8 Å². The quantitative estimate of drug-likeness (QED) is 0.618. The van der Waals surface area contributed by atoms with E-state index >= 15 is 0 Å². The second kappa shape index (κ2) is 7.74. The van der Waals surface area contributed by atoms with Crippen molar-refractivity contribution in [3.8, 4) is 5.75 Å². The number of nitrogens with zero attached hydrogens (tertiary/aromatic N) is 5. The molecule has 2 aromatic heterocycles. The van der Waals surface area contributed by atoms with Gasteiger partial charge in [0.05, 0.1) is 22.9 Å². The molecule has 0 saturated carbocycles. The van der Waals surface area contributed by atoms with E-state index in [1.54, 1.807) is 39.8 Å². The fraction of sp³-hybridized carbons (Fsp3) is 0.278. The molecule has 0 aliphatic rings. The number of carbonyl (C=O) groups is 1. The average Bonchev–Trinajstić information content (AvgIpc) is 3.22. The summed E-state index contributed by atoms with van der Waals surface area (Å²) in [5.74, 6) is 0.641. The third-order valence-electron chi connectivity index (χ3n) is 4.05. The number of ether oxygens (including phenoxy) is 1. The van der Waals surface area contributed by atoms with Gasteiger partial charge in [0.1, 0.15) is 5.75 Å². The number of carbonyl (C=O) groups excluding carboxylic acids is 1. The number of hydrogen-bond donors (Lipinski definition) is 0. The van der Waals surface area contributed by atoms with Crippen molar-refractivity contribution in [3.05, 3.63) is 64.1 Å². The van der Waals surface area contributed by atoms with Crippen LogP contribution in [0.15, 0.2) is 47.2 Å². The smallest absolute Gasteiger partial charge is 0.274 e. The third kappa shape index (κ3) is 3.96. The molecule has 1 aromatic carbocycles.